The Morgan fingerprint density at radius 1 is 0.957 bits per heavy atom. The average Bonchev–Trinajstić information content (AvgIpc) is 3.31. The number of methoxy groups -OCH3 is 1. The number of sulfonamides is 1. The fourth-order valence-corrected chi connectivity index (χ4v) is 7.92. The molecule has 0 bridgehead atoms. The first-order chi connectivity index (χ1) is 21.9. The van der Waals surface area contributed by atoms with E-state index in [1.54, 1.807) is 12.3 Å². The summed E-state index contributed by atoms with van der Waals surface area (Å²) in [7, 11) is -4.53. The summed E-state index contributed by atoms with van der Waals surface area (Å²) >= 11 is 0. The first-order valence-corrected chi connectivity index (χ1v) is 16.1. The Morgan fingerprint density at radius 2 is 1.63 bits per heavy atom. The summed E-state index contributed by atoms with van der Waals surface area (Å²) in [5.74, 6) is -11.7. The lowest BCUT2D eigenvalue weighted by Crippen LogP contribution is -2.59. The first-order valence-electron chi connectivity index (χ1n) is 14.6. The lowest BCUT2D eigenvalue weighted by atomic mass is 9.85. The highest BCUT2D eigenvalue weighted by molar-refractivity contribution is 7.89. The monoisotopic (exact) mass is 660 g/mol. The molecule has 3 amide bonds. The molecule has 3 aliphatic rings. The molecule has 15 heteroatoms. The smallest absolute Gasteiger partial charge is 0.259 e. The van der Waals surface area contributed by atoms with Crippen LogP contribution in [0.5, 0.6) is 5.75 Å². The number of amides is 3. The summed E-state index contributed by atoms with van der Waals surface area (Å²) in [6.45, 7) is -0.576. The Labute approximate surface area is 261 Å². The predicted octanol–water partition coefficient (Wildman–Crippen LogP) is 4.57. The lowest BCUT2D eigenvalue weighted by Gasteiger charge is -2.41. The van der Waals surface area contributed by atoms with Crippen LogP contribution in [0.3, 0.4) is 0 Å². The van der Waals surface area contributed by atoms with Crippen LogP contribution in [-0.2, 0) is 21.4 Å². The largest absolute Gasteiger partial charge is 0.491 e. The van der Waals surface area contributed by atoms with Gasteiger partial charge in [-0.25, -0.2) is 17.2 Å². The number of nitrogens with one attached hydrogen (secondary N) is 1. The van der Waals surface area contributed by atoms with Gasteiger partial charge in [-0.3, -0.25) is 24.7 Å². The number of imide groups is 1. The van der Waals surface area contributed by atoms with Gasteiger partial charge in [-0.2, -0.15) is 13.1 Å². The van der Waals surface area contributed by atoms with E-state index >= 15 is 0 Å². The quantitative estimate of drug-likeness (QED) is 0.213. The number of halogens is 4. The van der Waals surface area contributed by atoms with Crippen molar-refractivity contribution in [2.45, 2.75) is 61.9 Å². The van der Waals surface area contributed by atoms with Crippen LogP contribution in [0.1, 0.15) is 76.4 Å². The third-order valence-electron chi connectivity index (χ3n) is 8.75. The van der Waals surface area contributed by atoms with Gasteiger partial charge in [0.1, 0.15) is 6.04 Å². The SMILES string of the molecule is COc1c(F)c(F)c(S(=O)(=O)N2CC[C@@H]2C(=O)N(Cc2ccc(C3CCCCC3)cn2)c2ccc3c(c2)C(=O)NC3=O)c(F)c1F. The van der Waals surface area contributed by atoms with Crippen LogP contribution in [0.2, 0.25) is 0 Å². The third-order valence-corrected chi connectivity index (χ3v) is 10.7. The van der Waals surface area contributed by atoms with Crippen molar-refractivity contribution >= 4 is 33.4 Å². The van der Waals surface area contributed by atoms with E-state index < -0.39 is 67.7 Å². The molecule has 0 unspecified atom stereocenters. The van der Waals surface area contributed by atoms with Gasteiger partial charge >= 0.3 is 0 Å². The third kappa shape index (κ3) is 5.30. The van der Waals surface area contributed by atoms with Gasteiger partial charge in [0, 0.05) is 18.4 Å². The normalized spacial score (nSPS) is 18.6. The van der Waals surface area contributed by atoms with Crippen molar-refractivity contribution in [2.75, 3.05) is 18.6 Å². The summed E-state index contributed by atoms with van der Waals surface area (Å²) in [5, 5.41) is 2.16. The molecular weight excluding hydrogens is 632 g/mol. The maximum absolute atomic E-state index is 14.9. The number of benzene rings is 2. The van der Waals surface area contributed by atoms with Gasteiger partial charge < -0.3 is 9.64 Å². The molecule has 1 aromatic heterocycles. The fourth-order valence-electron chi connectivity index (χ4n) is 6.18. The zero-order chi connectivity index (χ0) is 32.9. The number of rotatable bonds is 8. The van der Waals surface area contributed by atoms with Crippen LogP contribution in [0.25, 0.3) is 0 Å². The molecule has 0 spiro atoms. The zero-order valence-corrected chi connectivity index (χ0v) is 25.3. The van der Waals surface area contributed by atoms with Crippen molar-refractivity contribution in [3.63, 3.8) is 0 Å². The van der Waals surface area contributed by atoms with E-state index in [9.17, 15) is 40.4 Å². The molecule has 2 fully saturated rings. The van der Waals surface area contributed by atoms with Gasteiger partial charge in [0.15, 0.2) is 22.3 Å². The van der Waals surface area contributed by atoms with E-state index in [1.165, 1.54) is 24.6 Å². The molecular formula is C31H28F4N4O6S. The summed E-state index contributed by atoms with van der Waals surface area (Å²) in [6.07, 6.45) is 7.13. The predicted molar refractivity (Wildman–Crippen MR) is 155 cm³/mol. The highest BCUT2D eigenvalue weighted by Gasteiger charge is 2.48. The Morgan fingerprint density at radius 3 is 2.22 bits per heavy atom. The minimum atomic E-state index is -5.28. The minimum Gasteiger partial charge on any atom is -0.491 e. The minimum absolute atomic E-state index is 0.00711. The summed E-state index contributed by atoms with van der Waals surface area (Å²) < 4.78 is 90.3. The van der Waals surface area contributed by atoms with Crippen LogP contribution >= 0.6 is 0 Å². The Hall–Kier alpha value is -4.37. The molecule has 1 saturated heterocycles. The number of ether oxygens (including phenoxy) is 1. The maximum atomic E-state index is 14.9. The fraction of sp³-hybridized carbons (Fsp3) is 0.355. The van der Waals surface area contributed by atoms with Gasteiger partial charge in [-0.15, -0.1) is 0 Å². The number of hydrogen-bond acceptors (Lipinski definition) is 7. The van der Waals surface area contributed by atoms with Crippen molar-refractivity contribution in [2.24, 2.45) is 0 Å². The molecule has 2 aromatic carbocycles. The van der Waals surface area contributed by atoms with Gasteiger partial charge in [0.2, 0.25) is 27.6 Å². The van der Waals surface area contributed by atoms with Crippen LogP contribution in [0.15, 0.2) is 41.4 Å². The Balaban J connectivity index is 1.35. The molecule has 3 heterocycles. The van der Waals surface area contributed by atoms with Crippen LogP contribution in [0, 0.1) is 23.3 Å². The highest BCUT2D eigenvalue weighted by atomic mass is 32.2. The van der Waals surface area contributed by atoms with Crippen LogP contribution in [0.4, 0.5) is 23.2 Å². The van der Waals surface area contributed by atoms with E-state index in [2.05, 4.69) is 15.0 Å². The second kappa shape index (κ2) is 12.1. The number of carbonyl (C=O) groups is 3. The molecule has 242 valence electrons. The van der Waals surface area contributed by atoms with Crippen molar-refractivity contribution in [1.29, 1.82) is 0 Å². The zero-order valence-electron chi connectivity index (χ0n) is 24.5. The highest BCUT2D eigenvalue weighted by Crippen LogP contribution is 2.38. The lowest BCUT2D eigenvalue weighted by molar-refractivity contribution is -0.125. The van der Waals surface area contributed by atoms with Gasteiger partial charge in [-0.05, 0) is 55.0 Å². The molecule has 1 N–H and O–H groups in total. The number of hydrogen-bond donors (Lipinski definition) is 1. The average molecular weight is 661 g/mol. The maximum Gasteiger partial charge on any atom is 0.259 e. The number of fused-ring (bicyclic) bond motifs is 1. The van der Waals surface area contributed by atoms with E-state index in [-0.39, 0.29) is 36.3 Å². The number of nitrogens with zero attached hydrogens (tertiary/aromatic N) is 3. The van der Waals surface area contributed by atoms with Crippen LogP contribution in [-0.4, -0.2) is 55.1 Å². The molecule has 0 radical (unpaired) electrons. The number of anilines is 1. The molecule has 6 rings (SSSR count). The molecule has 1 atom stereocenters. The van der Waals surface area contributed by atoms with Crippen molar-refractivity contribution in [1.82, 2.24) is 14.6 Å². The molecule has 1 aliphatic carbocycles. The summed E-state index contributed by atoms with van der Waals surface area (Å²) in [5.41, 5.74) is 1.66. The number of carbonyl (C=O) groups excluding carboxylic acids is 3. The molecule has 3 aromatic rings. The molecule has 1 saturated carbocycles. The van der Waals surface area contributed by atoms with E-state index in [1.807, 2.05) is 6.07 Å². The van der Waals surface area contributed by atoms with Crippen LogP contribution < -0.4 is 15.0 Å². The van der Waals surface area contributed by atoms with Gasteiger partial charge in [0.05, 0.1) is 30.5 Å². The standard InChI is InChI=1S/C31H28F4N4O6S/c1-45-27-23(32)25(34)28(26(35)24(27)33)46(43,44)39-12-11-22(39)31(42)38(19-9-10-20-21(13-19)30(41)37-29(20)40)15-18-8-7-17(14-36-18)16-5-3-2-4-6-16/h7-10,13-14,16,22H,2-6,11-12,15H2,1H3,(H,37,40,41)/t22-/m1/s1. The summed E-state index contributed by atoms with van der Waals surface area (Å²) in [4.78, 5) is 42.4. The molecule has 2 aliphatic heterocycles. The second-order valence-electron chi connectivity index (χ2n) is 11.4. The van der Waals surface area contributed by atoms with Gasteiger partial charge in [-0.1, -0.05) is 25.3 Å². The Kier molecular flexibility index (Phi) is 8.31. The van der Waals surface area contributed by atoms with Crippen molar-refractivity contribution in [3.05, 3.63) is 82.2 Å². The topological polar surface area (TPSA) is 126 Å². The van der Waals surface area contributed by atoms with Crippen molar-refractivity contribution in [3.8, 4) is 5.75 Å². The molecule has 46 heavy (non-hydrogen) atoms. The molecule has 10 nitrogen and oxygen atoms in total. The number of pyridine rings is 1. The first kappa shape index (κ1) is 31.6. The summed E-state index contributed by atoms with van der Waals surface area (Å²) in [6, 6.07) is 6.16. The van der Waals surface area contributed by atoms with Crippen molar-refractivity contribution < 1.29 is 45.1 Å². The van der Waals surface area contributed by atoms with E-state index in [0.29, 0.717) is 15.9 Å². The van der Waals surface area contributed by atoms with E-state index in [4.69, 9.17) is 0 Å². The second-order valence-corrected chi connectivity index (χ2v) is 13.2. The van der Waals surface area contributed by atoms with Gasteiger partial charge in [0.25, 0.3) is 11.8 Å². The number of aromatic nitrogens is 1. The van der Waals surface area contributed by atoms with E-state index in [0.717, 1.165) is 43.3 Å². The Bertz CT molecular complexity index is 1840.